The second-order valence-electron chi connectivity index (χ2n) is 6.15. The number of piperazine rings is 1. The van der Waals surface area contributed by atoms with Crippen molar-refractivity contribution in [1.82, 2.24) is 9.21 Å². The Morgan fingerprint density at radius 1 is 0.962 bits per heavy atom. The summed E-state index contributed by atoms with van der Waals surface area (Å²) < 4.78 is 26.7. The minimum Gasteiger partial charge on any atom is -0.339 e. The van der Waals surface area contributed by atoms with Crippen molar-refractivity contribution < 1.29 is 13.2 Å². The summed E-state index contributed by atoms with van der Waals surface area (Å²) >= 11 is 1.53. The first-order valence-electron chi connectivity index (χ1n) is 8.50. The van der Waals surface area contributed by atoms with Gasteiger partial charge in [-0.05, 0) is 30.7 Å². The average Bonchev–Trinajstić information content (AvgIpc) is 2.68. The molecule has 0 radical (unpaired) electrons. The second kappa shape index (κ2) is 8.24. The van der Waals surface area contributed by atoms with Crippen LogP contribution in [0.1, 0.15) is 5.56 Å². The van der Waals surface area contributed by atoms with Gasteiger partial charge in [0.25, 0.3) is 0 Å². The molecule has 0 spiro atoms. The molecule has 0 saturated carbocycles. The average molecular weight is 391 g/mol. The Morgan fingerprint density at radius 2 is 1.58 bits per heavy atom. The van der Waals surface area contributed by atoms with E-state index in [0.717, 1.165) is 10.5 Å². The van der Waals surface area contributed by atoms with Crippen LogP contribution in [0.2, 0.25) is 0 Å². The Labute approximate surface area is 159 Å². The topological polar surface area (TPSA) is 57.7 Å². The Kier molecular flexibility index (Phi) is 6.01. The molecule has 3 rings (SSSR count). The molecule has 5 nitrogen and oxygen atoms in total. The molecule has 26 heavy (non-hydrogen) atoms. The summed E-state index contributed by atoms with van der Waals surface area (Å²) in [5, 5.41) is 0. The number of hydrogen-bond acceptors (Lipinski definition) is 4. The first-order chi connectivity index (χ1) is 12.5. The van der Waals surface area contributed by atoms with E-state index < -0.39 is 10.0 Å². The summed E-state index contributed by atoms with van der Waals surface area (Å²) in [5.74, 6) is 0.422. The van der Waals surface area contributed by atoms with Crippen molar-refractivity contribution in [3.63, 3.8) is 0 Å². The molecule has 0 unspecified atom stereocenters. The van der Waals surface area contributed by atoms with E-state index in [4.69, 9.17) is 0 Å². The van der Waals surface area contributed by atoms with Crippen LogP contribution in [-0.2, 0) is 14.8 Å². The zero-order chi connectivity index (χ0) is 18.6. The molecule has 0 atom stereocenters. The van der Waals surface area contributed by atoms with Gasteiger partial charge in [0, 0.05) is 31.1 Å². The van der Waals surface area contributed by atoms with Crippen LogP contribution in [-0.4, -0.2) is 55.5 Å². The third kappa shape index (κ3) is 4.28. The van der Waals surface area contributed by atoms with E-state index in [1.807, 2.05) is 31.2 Å². The Hall–Kier alpha value is -1.83. The van der Waals surface area contributed by atoms with Crippen molar-refractivity contribution in [2.24, 2.45) is 0 Å². The number of thioether (sulfide) groups is 1. The van der Waals surface area contributed by atoms with Crippen LogP contribution < -0.4 is 0 Å². The molecule has 0 N–H and O–H groups in total. The molecule has 2 aromatic carbocycles. The van der Waals surface area contributed by atoms with E-state index in [2.05, 4.69) is 0 Å². The van der Waals surface area contributed by atoms with Gasteiger partial charge in [0.2, 0.25) is 15.9 Å². The predicted molar refractivity (Wildman–Crippen MR) is 104 cm³/mol. The zero-order valence-corrected chi connectivity index (χ0v) is 16.3. The van der Waals surface area contributed by atoms with E-state index in [-0.39, 0.29) is 5.91 Å². The molecular formula is C19H22N2O3S2. The maximum Gasteiger partial charge on any atom is 0.243 e. The fraction of sp³-hybridized carbons (Fsp3) is 0.316. The van der Waals surface area contributed by atoms with Gasteiger partial charge in [-0.25, -0.2) is 8.42 Å². The lowest BCUT2D eigenvalue weighted by Gasteiger charge is -2.34. The van der Waals surface area contributed by atoms with E-state index >= 15 is 0 Å². The number of sulfonamides is 1. The van der Waals surface area contributed by atoms with Crippen LogP contribution in [0.15, 0.2) is 64.4 Å². The van der Waals surface area contributed by atoms with Crippen molar-refractivity contribution in [1.29, 1.82) is 0 Å². The smallest absolute Gasteiger partial charge is 0.243 e. The quantitative estimate of drug-likeness (QED) is 0.737. The van der Waals surface area contributed by atoms with Gasteiger partial charge in [-0.2, -0.15) is 4.31 Å². The number of rotatable bonds is 5. The molecule has 0 bridgehead atoms. The van der Waals surface area contributed by atoms with Crippen LogP contribution in [0.25, 0.3) is 0 Å². The van der Waals surface area contributed by atoms with E-state index in [0.29, 0.717) is 36.8 Å². The maximum atomic E-state index is 12.6. The summed E-state index contributed by atoms with van der Waals surface area (Å²) in [7, 11) is -3.48. The highest BCUT2D eigenvalue weighted by atomic mass is 32.2. The van der Waals surface area contributed by atoms with E-state index in [1.165, 1.54) is 16.1 Å². The Morgan fingerprint density at radius 3 is 2.23 bits per heavy atom. The fourth-order valence-corrected chi connectivity index (χ4v) is 5.24. The van der Waals surface area contributed by atoms with Gasteiger partial charge in [-0.1, -0.05) is 36.4 Å². The summed E-state index contributed by atoms with van der Waals surface area (Å²) in [6.45, 7) is 3.55. The Balaban J connectivity index is 1.55. The van der Waals surface area contributed by atoms with Crippen molar-refractivity contribution in [3.8, 4) is 0 Å². The molecule has 0 aromatic heterocycles. The highest BCUT2D eigenvalue weighted by Crippen LogP contribution is 2.23. The predicted octanol–water partition coefficient (Wildman–Crippen LogP) is 2.62. The van der Waals surface area contributed by atoms with Crippen LogP contribution in [0, 0.1) is 6.92 Å². The molecule has 7 heteroatoms. The number of hydrogen-bond donors (Lipinski definition) is 0. The van der Waals surface area contributed by atoms with Crippen LogP contribution in [0.4, 0.5) is 0 Å². The van der Waals surface area contributed by atoms with Gasteiger partial charge < -0.3 is 4.90 Å². The third-order valence-corrected chi connectivity index (χ3v) is 7.49. The summed E-state index contributed by atoms with van der Waals surface area (Å²) in [6, 6.07) is 16.4. The van der Waals surface area contributed by atoms with Crippen LogP contribution in [0.3, 0.4) is 0 Å². The molecule has 2 aromatic rings. The molecule has 1 saturated heterocycles. The van der Waals surface area contributed by atoms with Gasteiger partial charge in [0.05, 0.1) is 10.6 Å². The number of aryl methyl sites for hydroxylation is 1. The molecule has 1 aliphatic heterocycles. The number of carbonyl (C=O) groups excluding carboxylic acids is 1. The molecule has 0 aliphatic carbocycles. The lowest BCUT2D eigenvalue weighted by atomic mass is 10.2. The van der Waals surface area contributed by atoms with Gasteiger partial charge in [-0.3, -0.25) is 4.79 Å². The zero-order valence-electron chi connectivity index (χ0n) is 14.7. The second-order valence-corrected chi connectivity index (χ2v) is 9.11. The van der Waals surface area contributed by atoms with Crippen molar-refractivity contribution in [2.75, 3.05) is 31.9 Å². The summed E-state index contributed by atoms with van der Waals surface area (Å²) in [4.78, 5) is 15.6. The highest BCUT2D eigenvalue weighted by molar-refractivity contribution is 8.00. The lowest BCUT2D eigenvalue weighted by molar-refractivity contribution is -0.129. The van der Waals surface area contributed by atoms with Crippen molar-refractivity contribution >= 4 is 27.7 Å². The van der Waals surface area contributed by atoms with Crippen LogP contribution >= 0.6 is 11.8 Å². The first-order valence-corrected chi connectivity index (χ1v) is 10.9. The third-order valence-electron chi connectivity index (χ3n) is 4.42. The number of amides is 1. The molecular weight excluding hydrogens is 368 g/mol. The number of nitrogens with zero attached hydrogens (tertiary/aromatic N) is 2. The SMILES string of the molecule is Cc1ccccc1SCC(=O)N1CCN(S(=O)(=O)c2ccccc2)CC1. The van der Waals surface area contributed by atoms with Gasteiger partial charge in [0.15, 0.2) is 0 Å². The molecule has 1 fully saturated rings. The van der Waals surface area contributed by atoms with Crippen LogP contribution in [0.5, 0.6) is 0 Å². The van der Waals surface area contributed by atoms with Gasteiger partial charge in [-0.15, -0.1) is 11.8 Å². The van der Waals surface area contributed by atoms with E-state index in [9.17, 15) is 13.2 Å². The van der Waals surface area contributed by atoms with Gasteiger partial charge in [0.1, 0.15) is 0 Å². The largest absolute Gasteiger partial charge is 0.339 e. The molecule has 1 aliphatic rings. The normalized spacial score (nSPS) is 15.8. The molecule has 138 valence electrons. The molecule has 1 heterocycles. The van der Waals surface area contributed by atoms with E-state index in [1.54, 1.807) is 35.2 Å². The number of carbonyl (C=O) groups is 1. The van der Waals surface area contributed by atoms with Gasteiger partial charge >= 0.3 is 0 Å². The summed E-state index contributed by atoms with van der Waals surface area (Å²) in [5.41, 5.74) is 1.16. The fourth-order valence-electron chi connectivity index (χ4n) is 2.87. The monoisotopic (exact) mass is 390 g/mol. The number of benzene rings is 2. The first kappa shape index (κ1) is 18.9. The van der Waals surface area contributed by atoms with Crippen molar-refractivity contribution in [3.05, 3.63) is 60.2 Å². The maximum absolute atomic E-state index is 12.6. The lowest BCUT2D eigenvalue weighted by Crippen LogP contribution is -2.50. The summed E-state index contributed by atoms with van der Waals surface area (Å²) in [6.07, 6.45) is 0. The molecule has 1 amide bonds. The minimum absolute atomic E-state index is 0.0509. The minimum atomic E-state index is -3.48. The highest BCUT2D eigenvalue weighted by Gasteiger charge is 2.29. The Bertz CT molecular complexity index is 861. The van der Waals surface area contributed by atoms with Crippen molar-refractivity contribution in [2.45, 2.75) is 16.7 Å². The standard InChI is InChI=1S/C19H22N2O3S2/c1-16-7-5-6-10-18(16)25-15-19(22)20-11-13-21(14-12-20)26(23,24)17-8-3-2-4-9-17/h2-10H,11-15H2,1H3.